The van der Waals surface area contributed by atoms with Gasteiger partial charge in [-0.3, -0.25) is 19.2 Å². The SMILES string of the molecule is CCC(C)C(C(CC(=O)N1CCCC1C(OC)C(C)C(=O)NCCO)OC)N(C)C(=O)CNC(=O)C(CO)NC. The lowest BCUT2D eigenvalue weighted by molar-refractivity contribution is -0.145. The summed E-state index contributed by atoms with van der Waals surface area (Å²) in [6.45, 7) is 5.57. The predicted molar refractivity (Wildman–Crippen MR) is 149 cm³/mol. The van der Waals surface area contributed by atoms with E-state index < -0.39 is 42.7 Å². The molecular weight excluding hydrogens is 522 g/mol. The monoisotopic (exact) mass is 573 g/mol. The third kappa shape index (κ3) is 9.65. The molecule has 0 radical (unpaired) electrons. The van der Waals surface area contributed by atoms with Crippen LogP contribution in [-0.4, -0.2) is 135 Å². The van der Waals surface area contributed by atoms with E-state index in [4.69, 9.17) is 14.6 Å². The molecule has 0 saturated carbocycles. The van der Waals surface area contributed by atoms with Crippen molar-refractivity contribution >= 4 is 23.6 Å². The van der Waals surface area contributed by atoms with Crippen LogP contribution in [0.15, 0.2) is 0 Å². The molecule has 0 aromatic heterocycles. The van der Waals surface area contributed by atoms with Gasteiger partial charge in [0.05, 0.1) is 56.4 Å². The third-order valence-electron chi connectivity index (χ3n) is 7.98. The van der Waals surface area contributed by atoms with Gasteiger partial charge < -0.3 is 45.4 Å². The molecule has 1 rings (SSSR count). The molecule has 0 spiro atoms. The molecule has 4 amide bonds. The van der Waals surface area contributed by atoms with Crippen LogP contribution < -0.4 is 16.0 Å². The van der Waals surface area contributed by atoms with Gasteiger partial charge in [0.1, 0.15) is 6.04 Å². The van der Waals surface area contributed by atoms with Gasteiger partial charge in [-0.05, 0) is 25.8 Å². The normalized spacial score (nSPS) is 19.7. The minimum Gasteiger partial charge on any atom is -0.395 e. The summed E-state index contributed by atoms with van der Waals surface area (Å²) in [6.07, 6.45) is 1.08. The Morgan fingerprint density at radius 1 is 1.07 bits per heavy atom. The number of methoxy groups -OCH3 is 2. The van der Waals surface area contributed by atoms with E-state index >= 15 is 0 Å². The fourth-order valence-corrected chi connectivity index (χ4v) is 5.38. The van der Waals surface area contributed by atoms with E-state index in [0.717, 1.165) is 12.8 Å². The Morgan fingerprint density at radius 2 is 1.75 bits per heavy atom. The largest absolute Gasteiger partial charge is 0.395 e. The van der Waals surface area contributed by atoms with Gasteiger partial charge in [-0.15, -0.1) is 0 Å². The number of likely N-dealkylation sites (tertiary alicyclic amines) is 1. The molecule has 1 heterocycles. The quantitative estimate of drug-likeness (QED) is 0.134. The third-order valence-corrected chi connectivity index (χ3v) is 7.98. The number of ether oxygens (including phenoxy) is 2. The number of carbonyl (C=O) groups is 4. The molecule has 7 atom stereocenters. The van der Waals surface area contributed by atoms with E-state index in [0.29, 0.717) is 13.0 Å². The molecule has 1 saturated heterocycles. The maximum Gasteiger partial charge on any atom is 0.242 e. The number of hydrogen-bond acceptors (Lipinski definition) is 9. The molecule has 5 N–H and O–H groups in total. The molecule has 7 unspecified atom stereocenters. The summed E-state index contributed by atoms with van der Waals surface area (Å²) in [4.78, 5) is 54.7. The number of nitrogens with one attached hydrogen (secondary N) is 3. The van der Waals surface area contributed by atoms with Crippen molar-refractivity contribution in [3.05, 3.63) is 0 Å². The zero-order chi connectivity index (χ0) is 30.4. The summed E-state index contributed by atoms with van der Waals surface area (Å²) in [5, 5.41) is 26.2. The van der Waals surface area contributed by atoms with Gasteiger partial charge in [0, 0.05) is 34.4 Å². The Kier molecular flexibility index (Phi) is 16.2. The maximum absolute atomic E-state index is 13.6. The van der Waals surface area contributed by atoms with Gasteiger partial charge in [0.2, 0.25) is 23.6 Å². The molecule has 0 aromatic carbocycles. The summed E-state index contributed by atoms with van der Waals surface area (Å²) >= 11 is 0. The molecule has 40 heavy (non-hydrogen) atoms. The lowest BCUT2D eigenvalue weighted by Crippen LogP contribution is -2.55. The molecule has 0 aliphatic carbocycles. The van der Waals surface area contributed by atoms with Crippen LogP contribution in [0.4, 0.5) is 0 Å². The van der Waals surface area contributed by atoms with Crippen molar-refractivity contribution in [1.82, 2.24) is 25.8 Å². The molecule has 232 valence electrons. The van der Waals surface area contributed by atoms with E-state index in [1.807, 2.05) is 13.8 Å². The van der Waals surface area contributed by atoms with Crippen LogP contribution in [0.5, 0.6) is 0 Å². The number of aliphatic hydroxyl groups is 2. The zero-order valence-electron chi connectivity index (χ0n) is 25.1. The van der Waals surface area contributed by atoms with Crippen LogP contribution in [0.25, 0.3) is 0 Å². The molecule has 1 aliphatic heterocycles. The number of amides is 4. The highest BCUT2D eigenvalue weighted by Crippen LogP contribution is 2.29. The van der Waals surface area contributed by atoms with Crippen molar-refractivity contribution in [1.29, 1.82) is 0 Å². The van der Waals surface area contributed by atoms with Crippen LogP contribution in [0, 0.1) is 11.8 Å². The van der Waals surface area contributed by atoms with Gasteiger partial charge in [0.25, 0.3) is 0 Å². The Hall–Kier alpha value is -2.32. The van der Waals surface area contributed by atoms with Crippen LogP contribution in [0.2, 0.25) is 0 Å². The van der Waals surface area contributed by atoms with Gasteiger partial charge in [-0.1, -0.05) is 27.2 Å². The first kappa shape index (κ1) is 35.7. The first-order chi connectivity index (χ1) is 19.0. The van der Waals surface area contributed by atoms with E-state index in [-0.39, 0.29) is 55.8 Å². The van der Waals surface area contributed by atoms with Crippen molar-refractivity contribution in [3.8, 4) is 0 Å². The highest BCUT2D eigenvalue weighted by molar-refractivity contribution is 5.87. The molecule has 0 bridgehead atoms. The molecule has 1 aliphatic rings. The van der Waals surface area contributed by atoms with E-state index in [9.17, 15) is 24.3 Å². The lowest BCUT2D eigenvalue weighted by Gasteiger charge is -2.39. The second-order valence-electron chi connectivity index (χ2n) is 10.4. The lowest BCUT2D eigenvalue weighted by atomic mass is 9.90. The Balaban J connectivity index is 3.03. The van der Waals surface area contributed by atoms with Crippen molar-refractivity contribution in [2.45, 2.75) is 76.8 Å². The fraction of sp³-hybridized carbons (Fsp3) is 0.852. The van der Waals surface area contributed by atoms with E-state index in [1.165, 1.54) is 19.1 Å². The standard InChI is InChI=1S/C27H51N5O8/c1-8-17(2)24(31(5)23(36)15-30-27(38)19(16-34)28-4)21(39-6)14-22(35)32-12-9-10-20(32)25(40-7)18(3)26(37)29-11-13-33/h17-21,24-25,28,33-34H,8-16H2,1-7H3,(H,29,37)(H,30,38). The van der Waals surface area contributed by atoms with Crippen LogP contribution in [0.1, 0.15) is 46.5 Å². The Labute approximate surface area is 238 Å². The number of hydrogen-bond donors (Lipinski definition) is 5. The van der Waals surface area contributed by atoms with E-state index in [1.54, 1.807) is 25.9 Å². The van der Waals surface area contributed by atoms with Gasteiger partial charge in [-0.2, -0.15) is 0 Å². The first-order valence-corrected chi connectivity index (χ1v) is 14.1. The highest BCUT2D eigenvalue weighted by atomic mass is 16.5. The van der Waals surface area contributed by atoms with E-state index in [2.05, 4.69) is 16.0 Å². The first-order valence-electron chi connectivity index (χ1n) is 14.1. The molecule has 13 nitrogen and oxygen atoms in total. The minimum atomic E-state index is -0.819. The van der Waals surface area contributed by atoms with Crippen LogP contribution >= 0.6 is 0 Å². The summed E-state index contributed by atoms with van der Waals surface area (Å²) < 4.78 is 11.5. The van der Waals surface area contributed by atoms with Crippen LogP contribution in [-0.2, 0) is 28.7 Å². The number of carbonyl (C=O) groups excluding carboxylic acids is 4. The Bertz CT molecular complexity index is 812. The zero-order valence-corrected chi connectivity index (χ0v) is 25.1. The maximum atomic E-state index is 13.6. The van der Waals surface area contributed by atoms with Gasteiger partial charge in [-0.25, -0.2) is 0 Å². The second kappa shape index (κ2) is 18.2. The van der Waals surface area contributed by atoms with Gasteiger partial charge in [0.15, 0.2) is 0 Å². The van der Waals surface area contributed by atoms with Crippen molar-refractivity contribution < 1.29 is 38.9 Å². The predicted octanol–water partition coefficient (Wildman–Crippen LogP) is -1.29. The molecular formula is C27H51N5O8. The smallest absolute Gasteiger partial charge is 0.242 e. The number of aliphatic hydroxyl groups excluding tert-OH is 2. The van der Waals surface area contributed by atoms with Gasteiger partial charge >= 0.3 is 0 Å². The second-order valence-corrected chi connectivity index (χ2v) is 10.4. The number of likely N-dealkylation sites (N-methyl/N-ethyl adjacent to an activating group) is 2. The summed E-state index contributed by atoms with van der Waals surface area (Å²) in [5.41, 5.74) is 0. The molecule has 0 aromatic rings. The average Bonchev–Trinajstić information content (AvgIpc) is 3.44. The number of rotatable bonds is 18. The fourth-order valence-electron chi connectivity index (χ4n) is 5.38. The van der Waals surface area contributed by atoms with Crippen molar-refractivity contribution in [3.63, 3.8) is 0 Å². The topological polar surface area (TPSA) is 170 Å². The summed E-state index contributed by atoms with van der Waals surface area (Å²) in [7, 11) is 6.21. The number of nitrogens with zero attached hydrogens (tertiary/aromatic N) is 2. The summed E-state index contributed by atoms with van der Waals surface area (Å²) in [6, 6.07) is -1.56. The minimum absolute atomic E-state index is 0.0127. The van der Waals surface area contributed by atoms with Crippen molar-refractivity contribution in [2.24, 2.45) is 11.8 Å². The summed E-state index contributed by atoms with van der Waals surface area (Å²) in [5.74, 6) is -1.78. The molecule has 13 heteroatoms. The average molecular weight is 574 g/mol. The van der Waals surface area contributed by atoms with Crippen molar-refractivity contribution in [2.75, 3.05) is 61.2 Å². The highest BCUT2D eigenvalue weighted by Gasteiger charge is 2.41. The Morgan fingerprint density at radius 3 is 2.27 bits per heavy atom. The van der Waals surface area contributed by atoms with Crippen LogP contribution in [0.3, 0.4) is 0 Å². The molecule has 1 fully saturated rings.